The van der Waals surface area contributed by atoms with Crippen molar-refractivity contribution in [1.82, 2.24) is 0 Å². The first-order chi connectivity index (χ1) is 8.56. The molecule has 0 aromatic heterocycles. The number of halogens is 2. The molecule has 0 atom stereocenters. The van der Waals surface area contributed by atoms with Gasteiger partial charge in [0.1, 0.15) is 0 Å². The third-order valence-electron chi connectivity index (χ3n) is 2.22. The largest absolute Gasteiger partial charge is 0.478 e. The maximum atomic E-state index is 11.0. The molecule has 0 amide bonds. The van der Waals surface area contributed by atoms with Gasteiger partial charge < -0.3 is 5.11 Å². The highest BCUT2D eigenvalue weighted by atomic mass is 79.9. The van der Waals surface area contributed by atoms with E-state index in [-0.39, 0.29) is 5.56 Å². The third-order valence-corrected chi connectivity index (χ3v) is 4.44. The fourth-order valence-corrected chi connectivity index (χ4v) is 2.91. The number of carboxylic acids is 1. The van der Waals surface area contributed by atoms with Crippen molar-refractivity contribution in [3.05, 3.63) is 57.0 Å². The minimum Gasteiger partial charge on any atom is -0.478 e. The zero-order valence-electron chi connectivity index (χ0n) is 9.06. The first-order valence-corrected chi connectivity index (χ1v) is 7.43. The second-order valence-electron chi connectivity index (χ2n) is 3.50. The van der Waals surface area contributed by atoms with Crippen molar-refractivity contribution < 1.29 is 9.90 Å². The van der Waals surface area contributed by atoms with Gasteiger partial charge in [-0.05, 0) is 58.4 Å². The molecule has 92 valence electrons. The highest BCUT2D eigenvalue weighted by molar-refractivity contribution is 9.10. The fourth-order valence-electron chi connectivity index (χ4n) is 1.37. The van der Waals surface area contributed by atoms with Crippen LogP contribution in [-0.2, 0) is 0 Å². The summed E-state index contributed by atoms with van der Waals surface area (Å²) in [5.74, 6) is -0.930. The molecule has 18 heavy (non-hydrogen) atoms. The van der Waals surface area contributed by atoms with Crippen LogP contribution in [0.1, 0.15) is 10.4 Å². The summed E-state index contributed by atoms with van der Waals surface area (Å²) in [6, 6.07) is 13.2. The monoisotopic (exact) mass is 386 g/mol. The smallest absolute Gasteiger partial charge is 0.336 e. The minimum absolute atomic E-state index is 0.275. The van der Waals surface area contributed by atoms with Crippen LogP contribution in [0.3, 0.4) is 0 Å². The molecule has 0 fully saturated rings. The number of carboxylic acid groups (broad SMARTS) is 1. The fraction of sp³-hybridized carbons (Fsp3) is 0. The SMILES string of the molecule is O=C(O)c1cc(Sc2ccc(Br)cc2)ccc1Br. The Kier molecular flexibility index (Phi) is 4.48. The van der Waals surface area contributed by atoms with Crippen LogP contribution in [0.25, 0.3) is 0 Å². The predicted molar refractivity (Wildman–Crippen MR) is 79.4 cm³/mol. The zero-order chi connectivity index (χ0) is 13.1. The molecule has 0 radical (unpaired) electrons. The molecule has 2 aromatic rings. The van der Waals surface area contributed by atoms with Gasteiger partial charge in [0.15, 0.2) is 0 Å². The lowest BCUT2D eigenvalue weighted by atomic mass is 10.2. The highest BCUT2D eigenvalue weighted by Crippen LogP contribution is 2.31. The Labute approximate surface area is 126 Å². The average molecular weight is 388 g/mol. The first kappa shape index (κ1) is 13.6. The van der Waals surface area contributed by atoms with Gasteiger partial charge in [-0.1, -0.05) is 27.7 Å². The third kappa shape index (κ3) is 3.37. The number of rotatable bonds is 3. The van der Waals surface area contributed by atoms with Gasteiger partial charge in [0.05, 0.1) is 5.56 Å². The van der Waals surface area contributed by atoms with Crippen LogP contribution >= 0.6 is 43.6 Å². The molecular formula is C13H8Br2O2S. The van der Waals surface area contributed by atoms with Crippen LogP contribution in [0.5, 0.6) is 0 Å². The molecule has 0 aliphatic heterocycles. The number of benzene rings is 2. The molecule has 2 rings (SSSR count). The number of carbonyl (C=O) groups is 1. The van der Waals surface area contributed by atoms with Crippen LogP contribution in [0, 0.1) is 0 Å². The molecule has 0 unspecified atom stereocenters. The molecule has 0 aliphatic rings. The van der Waals surface area contributed by atoms with Crippen molar-refractivity contribution >= 4 is 49.6 Å². The molecule has 0 heterocycles. The van der Waals surface area contributed by atoms with Gasteiger partial charge in [0, 0.05) is 18.7 Å². The van der Waals surface area contributed by atoms with Gasteiger partial charge in [-0.25, -0.2) is 4.79 Å². The molecule has 2 nitrogen and oxygen atoms in total. The van der Waals surface area contributed by atoms with E-state index in [4.69, 9.17) is 5.11 Å². The van der Waals surface area contributed by atoms with Crippen molar-refractivity contribution in [1.29, 1.82) is 0 Å². The van der Waals surface area contributed by atoms with Crippen molar-refractivity contribution in [3.63, 3.8) is 0 Å². The molecular weight excluding hydrogens is 380 g/mol. The van der Waals surface area contributed by atoms with Gasteiger partial charge in [0.25, 0.3) is 0 Å². The van der Waals surface area contributed by atoms with Crippen LogP contribution < -0.4 is 0 Å². The number of hydrogen-bond acceptors (Lipinski definition) is 2. The van der Waals surface area contributed by atoms with Crippen LogP contribution in [-0.4, -0.2) is 11.1 Å². The lowest BCUT2D eigenvalue weighted by Gasteiger charge is -2.05. The zero-order valence-corrected chi connectivity index (χ0v) is 13.0. The number of aromatic carboxylic acids is 1. The van der Waals surface area contributed by atoms with Gasteiger partial charge in [0.2, 0.25) is 0 Å². The van der Waals surface area contributed by atoms with E-state index in [1.165, 1.54) is 11.8 Å². The molecule has 0 bridgehead atoms. The van der Waals surface area contributed by atoms with Gasteiger partial charge >= 0.3 is 5.97 Å². The Morgan fingerprint density at radius 3 is 2.22 bits per heavy atom. The Morgan fingerprint density at radius 2 is 1.61 bits per heavy atom. The average Bonchev–Trinajstić information content (AvgIpc) is 2.34. The molecule has 2 aromatic carbocycles. The van der Waals surface area contributed by atoms with E-state index in [2.05, 4.69) is 31.9 Å². The summed E-state index contributed by atoms with van der Waals surface area (Å²) in [6.07, 6.45) is 0. The van der Waals surface area contributed by atoms with Crippen LogP contribution in [0.2, 0.25) is 0 Å². The standard InChI is InChI=1S/C13H8Br2O2S/c14-8-1-3-9(4-2-8)18-10-5-6-12(15)11(7-10)13(16)17/h1-7H,(H,16,17). The van der Waals surface area contributed by atoms with E-state index < -0.39 is 5.97 Å². The van der Waals surface area contributed by atoms with E-state index in [1.807, 2.05) is 30.3 Å². The summed E-state index contributed by atoms with van der Waals surface area (Å²) in [7, 11) is 0. The molecule has 1 N–H and O–H groups in total. The second-order valence-corrected chi connectivity index (χ2v) is 6.42. The Hall–Kier alpha value is -0.780. The first-order valence-electron chi connectivity index (χ1n) is 5.02. The number of hydrogen-bond donors (Lipinski definition) is 1. The Bertz CT molecular complexity index is 582. The maximum Gasteiger partial charge on any atom is 0.336 e. The molecule has 5 heteroatoms. The second kappa shape index (κ2) is 5.91. The van der Waals surface area contributed by atoms with Crippen LogP contribution in [0.4, 0.5) is 0 Å². The maximum absolute atomic E-state index is 11.0. The Morgan fingerprint density at radius 1 is 1.00 bits per heavy atom. The van der Waals surface area contributed by atoms with E-state index >= 15 is 0 Å². The van der Waals surface area contributed by atoms with E-state index in [1.54, 1.807) is 12.1 Å². The summed E-state index contributed by atoms with van der Waals surface area (Å²) in [4.78, 5) is 13.0. The summed E-state index contributed by atoms with van der Waals surface area (Å²) in [5, 5.41) is 9.05. The minimum atomic E-state index is -0.930. The highest BCUT2D eigenvalue weighted by Gasteiger charge is 2.09. The van der Waals surface area contributed by atoms with Crippen LogP contribution in [0.15, 0.2) is 61.2 Å². The molecule has 0 spiro atoms. The predicted octanol–water partition coefficient (Wildman–Crippen LogP) is 5.06. The van der Waals surface area contributed by atoms with Gasteiger partial charge in [-0.15, -0.1) is 0 Å². The Balaban J connectivity index is 2.27. The van der Waals surface area contributed by atoms with Gasteiger partial charge in [-0.2, -0.15) is 0 Å². The summed E-state index contributed by atoms with van der Waals surface area (Å²) in [6.45, 7) is 0. The lowest BCUT2D eigenvalue weighted by molar-refractivity contribution is 0.0695. The van der Waals surface area contributed by atoms with Gasteiger partial charge in [-0.3, -0.25) is 0 Å². The van der Waals surface area contributed by atoms with Crippen molar-refractivity contribution in [2.75, 3.05) is 0 Å². The summed E-state index contributed by atoms with van der Waals surface area (Å²) >= 11 is 8.14. The summed E-state index contributed by atoms with van der Waals surface area (Å²) in [5.41, 5.74) is 0.275. The topological polar surface area (TPSA) is 37.3 Å². The normalized spacial score (nSPS) is 10.3. The van der Waals surface area contributed by atoms with Crippen molar-refractivity contribution in [2.24, 2.45) is 0 Å². The van der Waals surface area contributed by atoms with E-state index in [0.29, 0.717) is 4.47 Å². The molecule has 0 saturated carbocycles. The molecule has 0 saturated heterocycles. The van der Waals surface area contributed by atoms with Crippen molar-refractivity contribution in [2.45, 2.75) is 9.79 Å². The quantitative estimate of drug-likeness (QED) is 0.799. The lowest BCUT2D eigenvalue weighted by Crippen LogP contribution is -1.97. The summed E-state index contributed by atoms with van der Waals surface area (Å²) < 4.78 is 1.61. The molecule has 0 aliphatic carbocycles. The van der Waals surface area contributed by atoms with Crippen molar-refractivity contribution in [3.8, 4) is 0 Å². The van der Waals surface area contributed by atoms with E-state index in [0.717, 1.165) is 14.3 Å². The van der Waals surface area contributed by atoms with E-state index in [9.17, 15) is 4.79 Å².